The zero-order valence-electron chi connectivity index (χ0n) is 20.4. The molecular weight excluding hydrogens is 490 g/mol. The molecule has 37 heavy (non-hydrogen) atoms. The molecule has 0 bridgehead atoms. The van der Waals surface area contributed by atoms with E-state index in [-0.39, 0.29) is 24.1 Å². The molecule has 1 unspecified atom stereocenters. The fourth-order valence-corrected chi connectivity index (χ4v) is 5.31. The average molecular weight is 518 g/mol. The summed E-state index contributed by atoms with van der Waals surface area (Å²) in [5.74, 6) is -0.510. The van der Waals surface area contributed by atoms with Gasteiger partial charge in [-0.15, -0.1) is 11.3 Å². The summed E-state index contributed by atoms with van der Waals surface area (Å²) in [6.45, 7) is 2.92. The third-order valence-corrected chi connectivity index (χ3v) is 7.45. The lowest BCUT2D eigenvalue weighted by molar-refractivity contribution is -0.146. The van der Waals surface area contributed by atoms with E-state index in [1.165, 1.54) is 11.3 Å². The number of esters is 1. The van der Waals surface area contributed by atoms with Gasteiger partial charge in [-0.05, 0) is 37.5 Å². The van der Waals surface area contributed by atoms with Gasteiger partial charge in [-0.25, -0.2) is 9.78 Å². The summed E-state index contributed by atoms with van der Waals surface area (Å²) < 4.78 is 11.0. The molecule has 4 aromatic rings. The second-order valence-corrected chi connectivity index (χ2v) is 9.96. The Morgan fingerprint density at radius 1 is 1.11 bits per heavy atom. The Balaban J connectivity index is 1.12. The Morgan fingerprint density at radius 3 is 2.59 bits per heavy atom. The van der Waals surface area contributed by atoms with Gasteiger partial charge in [0.2, 0.25) is 0 Å². The van der Waals surface area contributed by atoms with E-state index in [0.29, 0.717) is 24.4 Å². The standard InChI is InChI=1S/C28H27N3O5S/c1-18(28(34)35-16-19-7-3-2-4-8-19)29-25(32)22-17-37-26(30-22)20-11-13-31(14-12-20)27(33)24-15-21-9-5-6-10-23(21)36-24/h2-10,15,17-18,20H,11-14,16H2,1H3,(H,29,32). The molecule has 1 aliphatic rings. The van der Waals surface area contributed by atoms with Gasteiger partial charge in [0.05, 0.1) is 5.01 Å². The molecule has 2 amide bonds. The summed E-state index contributed by atoms with van der Waals surface area (Å²) in [6, 6.07) is 17.9. The first-order valence-electron chi connectivity index (χ1n) is 12.2. The number of likely N-dealkylation sites (tertiary alicyclic amines) is 1. The first-order valence-corrected chi connectivity index (χ1v) is 13.1. The van der Waals surface area contributed by atoms with Crippen LogP contribution in [0.4, 0.5) is 0 Å². The average Bonchev–Trinajstić information content (AvgIpc) is 3.60. The molecule has 0 radical (unpaired) electrons. The Bertz CT molecular complexity index is 1370. The molecule has 0 spiro atoms. The number of thiazole rings is 1. The summed E-state index contributed by atoms with van der Waals surface area (Å²) in [5, 5.41) is 6.15. The van der Waals surface area contributed by atoms with Crippen LogP contribution in [0.1, 0.15) is 57.3 Å². The highest BCUT2D eigenvalue weighted by molar-refractivity contribution is 7.09. The van der Waals surface area contributed by atoms with Crippen molar-refractivity contribution < 1.29 is 23.5 Å². The van der Waals surface area contributed by atoms with E-state index >= 15 is 0 Å². The number of amides is 2. The van der Waals surface area contributed by atoms with Crippen LogP contribution >= 0.6 is 11.3 Å². The quantitative estimate of drug-likeness (QED) is 0.354. The van der Waals surface area contributed by atoms with E-state index in [4.69, 9.17) is 9.15 Å². The number of carbonyl (C=O) groups excluding carboxylic acids is 3. The van der Waals surface area contributed by atoms with Gasteiger partial charge in [-0.1, -0.05) is 48.5 Å². The predicted octanol–water partition coefficient (Wildman–Crippen LogP) is 4.77. The smallest absolute Gasteiger partial charge is 0.328 e. The molecule has 0 saturated carbocycles. The van der Waals surface area contributed by atoms with Crippen LogP contribution in [-0.2, 0) is 16.1 Å². The van der Waals surface area contributed by atoms with Crippen molar-refractivity contribution in [3.8, 4) is 0 Å². The van der Waals surface area contributed by atoms with Crippen LogP contribution in [0.25, 0.3) is 11.0 Å². The van der Waals surface area contributed by atoms with Crippen LogP contribution in [0.5, 0.6) is 0 Å². The Kier molecular flexibility index (Phi) is 7.32. The van der Waals surface area contributed by atoms with Crippen LogP contribution in [0.15, 0.2) is 70.5 Å². The SMILES string of the molecule is CC(NC(=O)c1csc(C2CCN(C(=O)c3cc4ccccc4o3)CC2)n1)C(=O)OCc1ccccc1. The van der Waals surface area contributed by atoms with E-state index in [9.17, 15) is 14.4 Å². The molecule has 190 valence electrons. The van der Waals surface area contributed by atoms with Crippen LogP contribution in [-0.4, -0.2) is 46.8 Å². The van der Waals surface area contributed by atoms with Gasteiger partial charge >= 0.3 is 5.97 Å². The van der Waals surface area contributed by atoms with Gasteiger partial charge < -0.3 is 19.4 Å². The lowest BCUT2D eigenvalue weighted by Crippen LogP contribution is -2.39. The summed E-state index contributed by atoms with van der Waals surface area (Å²) in [7, 11) is 0. The monoisotopic (exact) mass is 517 g/mol. The maximum atomic E-state index is 12.9. The third kappa shape index (κ3) is 5.72. The minimum Gasteiger partial charge on any atom is -0.459 e. The number of fused-ring (bicyclic) bond motifs is 1. The van der Waals surface area contributed by atoms with Gasteiger partial charge in [0.25, 0.3) is 11.8 Å². The molecule has 2 aromatic carbocycles. The van der Waals surface area contributed by atoms with Crippen molar-refractivity contribution >= 4 is 40.1 Å². The lowest BCUT2D eigenvalue weighted by Gasteiger charge is -2.30. The lowest BCUT2D eigenvalue weighted by atomic mass is 9.97. The summed E-state index contributed by atoms with van der Waals surface area (Å²) in [5.41, 5.74) is 1.86. The number of hydrogen-bond acceptors (Lipinski definition) is 7. The second-order valence-electron chi connectivity index (χ2n) is 9.07. The molecule has 5 rings (SSSR count). The van der Waals surface area contributed by atoms with Gasteiger partial charge in [0.1, 0.15) is 23.9 Å². The third-order valence-electron chi connectivity index (χ3n) is 6.45. The number of ether oxygens (including phenoxy) is 1. The molecule has 1 atom stereocenters. The number of aromatic nitrogens is 1. The van der Waals surface area contributed by atoms with Crippen molar-refractivity contribution in [2.24, 2.45) is 0 Å². The molecule has 0 aliphatic carbocycles. The molecule has 1 aliphatic heterocycles. The van der Waals surface area contributed by atoms with E-state index in [1.807, 2.05) is 54.6 Å². The van der Waals surface area contributed by atoms with E-state index in [1.54, 1.807) is 23.3 Å². The molecule has 1 fully saturated rings. The Morgan fingerprint density at radius 2 is 1.84 bits per heavy atom. The van der Waals surface area contributed by atoms with Gasteiger partial charge in [-0.3, -0.25) is 9.59 Å². The number of carbonyl (C=O) groups is 3. The second kappa shape index (κ2) is 11.0. The molecule has 3 heterocycles. The number of para-hydroxylation sites is 1. The highest BCUT2D eigenvalue weighted by Crippen LogP contribution is 2.31. The molecule has 8 nitrogen and oxygen atoms in total. The Labute approximate surface area is 218 Å². The molecule has 9 heteroatoms. The zero-order chi connectivity index (χ0) is 25.8. The minimum absolute atomic E-state index is 0.109. The molecule has 1 saturated heterocycles. The first-order chi connectivity index (χ1) is 18.0. The van der Waals surface area contributed by atoms with Crippen LogP contribution < -0.4 is 5.32 Å². The number of piperidine rings is 1. The van der Waals surface area contributed by atoms with Gasteiger partial charge in [0.15, 0.2) is 5.76 Å². The number of hydrogen-bond donors (Lipinski definition) is 1. The van der Waals surface area contributed by atoms with E-state index < -0.39 is 17.9 Å². The van der Waals surface area contributed by atoms with Crippen molar-refractivity contribution in [3.05, 3.63) is 88.1 Å². The van der Waals surface area contributed by atoms with Crippen LogP contribution in [0.3, 0.4) is 0 Å². The maximum Gasteiger partial charge on any atom is 0.328 e. The maximum absolute atomic E-state index is 12.9. The number of furan rings is 1. The molecule has 2 aromatic heterocycles. The topological polar surface area (TPSA) is 102 Å². The van der Waals surface area contributed by atoms with Gasteiger partial charge in [0, 0.05) is 29.8 Å². The van der Waals surface area contributed by atoms with E-state index in [0.717, 1.165) is 28.8 Å². The number of benzene rings is 2. The largest absolute Gasteiger partial charge is 0.459 e. The summed E-state index contributed by atoms with van der Waals surface area (Å²) in [4.78, 5) is 44.2. The number of rotatable bonds is 7. The van der Waals surface area contributed by atoms with Crippen molar-refractivity contribution in [1.82, 2.24) is 15.2 Å². The predicted molar refractivity (Wildman–Crippen MR) is 139 cm³/mol. The molecular formula is C28H27N3O5S. The van der Waals surface area contributed by atoms with Crippen LogP contribution in [0, 0.1) is 0 Å². The summed E-state index contributed by atoms with van der Waals surface area (Å²) >= 11 is 1.43. The van der Waals surface area contributed by atoms with Gasteiger partial charge in [-0.2, -0.15) is 0 Å². The number of nitrogens with zero attached hydrogens (tertiary/aromatic N) is 2. The fraction of sp³-hybridized carbons (Fsp3) is 0.286. The molecule has 1 N–H and O–H groups in total. The minimum atomic E-state index is -0.797. The van der Waals surface area contributed by atoms with E-state index in [2.05, 4.69) is 10.3 Å². The first kappa shape index (κ1) is 24.7. The fourth-order valence-electron chi connectivity index (χ4n) is 4.34. The highest BCUT2D eigenvalue weighted by Gasteiger charge is 2.29. The van der Waals surface area contributed by atoms with Crippen molar-refractivity contribution in [2.75, 3.05) is 13.1 Å². The zero-order valence-corrected chi connectivity index (χ0v) is 21.2. The highest BCUT2D eigenvalue weighted by atomic mass is 32.1. The Hall–Kier alpha value is -3.98. The van der Waals surface area contributed by atoms with Crippen molar-refractivity contribution in [1.29, 1.82) is 0 Å². The van der Waals surface area contributed by atoms with Crippen LogP contribution in [0.2, 0.25) is 0 Å². The summed E-state index contributed by atoms with van der Waals surface area (Å²) in [6.07, 6.45) is 1.51. The van der Waals surface area contributed by atoms with Crippen molar-refractivity contribution in [3.63, 3.8) is 0 Å². The number of nitrogens with one attached hydrogen (secondary N) is 1. The van der Waals surface area contributed by atoms with Crippen molar-refractivity contribution in [2.45, 2.75) is 38.3 Å². The normalized spacial score (nSPS) is 14.9.